The van der Waals surface area contributed by atoms with Crippen molar-refractivity contribution in [3.63, 3.8) is 0 Å². The fourth-order valence-corrected chi connectivity index (χ4v) is 4.11. The van der Waals surface area contributed by atoms with Crippen LogP contribution in [0.4, 0.5) is 21.5 Å². The number of hydrogen-bond donors (Lipinski definition) is 2. The fraction of sp³-hybridized carbons (Fsp3) is 0.182. The van der Waals surface area contributed by atoms with Crippen LogP contribution in [0.25, 0.3) is 0 Å². The van der Waals surface area contributed by atoms with Crippen molar-refractivity contribution >= 4 is 40.3 Å². The predicted molar refractivity (Wildman–Crippen MR) is 116 cm³/mol. The quantitative estimate of drug-likeness (QED) is 0.642. The number of carboxylic acids is 1. The lowest BCUT2D eigenvalue weighted by Gasteiger charge is -2.38. The third-order valence-corrected chi connectivity index (χ3v) is 5.92. The van der Waals surface area contributed by atoms with E-state index in [0.29, 0.717) is 23.7 Å². The van der Waals surface area contributed by atoms with Gasteiger partial charge in [-0.05, 0) is 53.9 Å². The Morgan fingerprint density at radius 3 is 2.30 bits per heavy atom. The van der Waals surface area contributed by atoms with Gasteiger partial charge in [0.2, 0.25) is 0 Å². The van der Waals surface area contributed by atoms with Gasteiger partial charge in [-0.2, -0.15) is 0 Å². The molecule has 6 nitrogen and oxygen atoms in total. The SMILES string of the molecule is O=C(O)c1ccc(N2CCN(c3ccc(F)cc3)CC2)c(NC(=O)c2cccs2)c1. The first-order chi connectivity index (χ1) is 14.5. The van der Waals surface area contributed by atoms with Crippen LogP contribution in [-0.2, 0) is 0 Å². The van der Waals surface area contributed by atoms with Crippen molar-refractivity contribution < 1.29 is 19.1 Å². The van der Waals surface area contributed by atoms with Gasteiger partial charge >= 0.3 is 5.97 Å². The highest BCUT2D eigenvalue weighted by atomic mass is 32.1. The van der Waals surface area contributed by atoms with Crippen molar-refractivity contribution in [2.75, 3.05) is 41.3 Å². The summed E-state index contributed by atoms with van der Waals surface area (Å²) in [6.45, 7) is 2.83. The van der Waals surface area contributed by atoms with Crippen molar-refractivity contribution in [3.8, 4) is 0 Å². The summed E-state index contributed by atoms with van der Waals surface area (Å²) in [4.78, 5) is 28.8. The van der Waals surface area contributed by atoms with E-state index < -0.39 is 5.97 Å². The zero-order chi connectivity index (χ0) is 21.1. The molecule has 1 aliphatic rings. The standard InChI is InChI=1S/C22H20FN3O3S/c23-16-4-6-17(7-5-16)25-9-11-26(12-10-25)19-8-3-15(22(28)29)14-18(19)24-21(27)20-2-1-13-30-20/h1-8,13-14H,9-12H2,(H,24,27)(H,28,29). The lowest BCUT2D eigenvalue weighted by molar-refractivity contribution is 0.0696. The molecule has 4 rings (SSSR count). The molecule has 8 heteroatoms. The van der Waals surface area contributed by atoms with Crippen LogP contribution in [0.1, 0.15) is 20.0 Å². The predicted octanol–water partition coefficient (Wildman–Crippen LogP) is 4.16. The molecule has 3 aromatic rings. The molecule has 2 N–H and O–H groups in total. The molecule has 1 aliphatic heterocycles. The summed E-state index contributed by atoms with van der Waals surface area (Å²) in [6, 6.07) is 14.7. The van der Waals surface area contributed by atoms with Gasteiger partial charge in [-0.25, -0.2) is 9.18 Å². The van der Waals surface area contributed by atoms with Gasteiger partial charge in [0.05, 0.1) is 21.8 Å². The number of benzene rings is 2. The number of rotatable bonds is 5. The molecule has 1 aromatic heterocycles. The van der Waals surface area contributed by atoms with E-state index in [9.17, 15) is 19.1 Å². The second kappa shape index (κ2) is 8.54. The van der Waals surface area contributed by atoms with E-state index in [0.717, 1.165) is 24.5 Å². The Bertz CT molecular complexity index is 1050. The van der Waals surface area contributed by atoms with Crippen molar-refractivity contribution in [2.24, 2.45) is 0 Å². The van der Waals surface area contributed by atoms with E-state index in [2.05, 4.69) is 15.1 Å². The number of carboxylic acid groups (broad SMARTS) is 1. The largest absolute Gasteiger partial charge is 0.478 e. The smallest absolute Gasteiger partial charge is 0.335 e. The van der Waals surface area contributed by atoms with E-state index in [-0.39, 0.29) is 17.3 Å². The van der Waals surface area contributed by atoms with Gasteiger partial charge in [0.25, 0.3) is 5.91 Å². The highest BCUT2D eigenvalue weighted by molar-refractivity contribution is 7.12. The molecule has 0 spiro atoms. The molecule has 1 amide bonds. The first kappa shape index (κ1) is 19.9. The molecular formula is C22H20FN3O3S. The Kier molecular flexibility index (Phi) is 5.67. The van der Waals surface area contributed by atoms with E-state index in [1.165, 1.54) is 29.5 Å². The Morgan fingerprint density at radius 1 is 0.967 bits per heavy atom. The molecule has 0 radical (unpaired) electrons. The summed E-state index contributed by atoms with van der Waals surface area (Å²) in [5, 5.41) is 14.0. The maximum Gasteiger partial charge on any atom is 0.335 e. The van der Waals surface area contributed by atoms with Gasteiger partial charge in [-0.15, -0.1) is 11.3 Å². The molecule has 154 valence electrons. The highest BCUT2D eigenvalue weighted by Gasteiger charge is 2.22. The number of thiophene rings is 1. The molecule has 30 heavy (non-hydrogen) atoms. The van der Waals surface area contributed by atoms with Crippen LogP contribution in [0, 0.1) is 5.82 Å². The van der Waals surface area contributed by atoms with Crippen molar-refractivity contribution in [1.29, 1.82) is 0 Å². The van der Waals surface area contributed by atoms with Crippen molar-refractivity contribution in [1.82, 2.24) is 0 Å². The molecule has 2 aromatic carbocycles. The number of carbonyl (C=O) groups excluding carboxylic acids is 1. The van der Waals surface area contributed by atoms with E-state index >= 15 is 0 Å². The summed E-state index contributed by atoms with van der Waals surface area (Å²) >= 11 is 1.33. The van der Waals surface area contributed by atoms with Gasteiger partial charge in [-0.3, -0.25) is 4.79 Å². The van der Waals surface area contributed by atoms with Crippen LogP contribution < -0.4 is 15.1 Å². The Hall–Kier alpha value is -3.39. The van der Waals surface area contributed by atoms with Gasteiger partial charge < -0.3 is 20.2 Å². The number of halogens is 1. The normalized spacial score (nSPS) is 13.9. The summed E-state index contributed by atoms with van der Waals surface area (Å²) in [7, 11) is 0. The molecule has 0 atom stereocenters. The Morgan fingerprint density at radius 2 is 1.67 bits per heavy atom. The molecular weight excluding hydrogens is 405 g/mol. The second-order valence-corrected chi connectivity index (χ2v) is 7.87. The molecule has 1 saturated heterocycles. The first-order valence-corrected chi connectivity index (χ1v) is 10.4. The number of hydrogen-bond acceptors (Lipinski definition) is 5. The summed E-state index contributed by atoms with van der Waals surface area (Å²) in [5.74, 6) is -1.57. The van der Waals surface area contributed by atoms with Crippen molar-refractivity contribution in [3.05, 3.63) is 76.2 Å². The van der Waals surface area contributed by atoms with Crippen molar-refractivity contribution in [2.45, 2.75) is 0 Å². The van der Waals surface area contributed by atoms with E-state index in [1.807, 2.05) is 5.38 Å². The molecule has 0 bridgehead atoms. The fourth-order valence-electron chi connectivity index (χ4n) is 3.49. The minimum Gasteiger partial charge on any atom is -0.478 e. The number of carbonyl (C=O) groups is 2. The average Bonchev–Trinajstić information content (AvgIpc) is 3.30. The van der Waals surface area contributed by atoms with Crippen LogP contribution in [-0.4, -0.2) is 43.2 Å². The summed E-state index contributed by atoms with van der Waals surface area (Å²) in [5.41, 5.74) is 2.33. The minimum atomic E-state index is -1.05. The van der Waals surface area contributed by atoms with E-state index in [1.54, 1.807) is 36.4 Å². The first-order valence-electron chi connectivity index (χ1n) is 9.49. The molecule has 1 fully saturated rings. The molecule has 0 aliphatic carbocycles. The third kappa shape index (κ3) is 4.28. The van der Waals surface area contributed by atoms with Gasteiger partial charge in [0.15, 0.2) is 0 Å². The van der Waals surface area contributed by atoms with Gasteiger partial charge in [-0.1, -0.05) is 6.07 Å². The Labute approximate surface area is 177 Å². The topological polar surface area (TPSA) is 72.9 Å². The van der Waals surface area contributed by atoms with Gasteiger partial charge in [0, 0.05) is 31.9 Å². The minimum absolute atomic E-state index is 0.116. The zero-order valence-corrected chi connectivity index (χ0v) is 16.9. The van der Waals surface area contributed by atoms with Crippen LogP contribution in [0.15, 0.2) is 60.0 Å². The summed E-state index contributed by atoms with van der Waals surface area (Å²) < 4.78 is 13.2. The number of anilines is 3. The maximum absolute atomic E-state index is 13.2. The van der Waals surface area contributed by atoms with Crippen LogP contribution in [0.5, 0.6) is 0 Å². The number of aromatic carboxylic acids is 1. The van der Waals surface area contributed by atoms with Gasteiger partial charge in [0.1, 0.15) is 5.82 Å². The second-order valence-electron chi connectivity index (χ2n) is 6.92. The lowest BCUT2D eigenvalue weighted by Crippen LogP contribution is -2.46. The number of amides is 1. The van der Waals surface area contributed by atoms with Crippen LogP contribution in [0.2, 0.25) is 0 Å². The Balaban J connectivity index is 1.53. The molecule has 0 unspecified atom stereocenters. The molecule has 2 heterocycles. The highest BCUT2D eigenvalue weighted by Crippen LogP contribution is 2.30. The van der Waals surface area contributed by atoms with E-state index in [4.69, 9.17) is 0 Å². The molecule has 0 saturated carbocycles. The number of piperazine rings is 1. The monoisotopic (exact) mass is 425 g/mol. The zero-order valence-electron chi connectivity index (χ0n) is 16.0. The lowest BCUT2D eigenvalue weighted by atomic mass is 10.1. The number of nitrogens with zero attached hydrogens (tertiary/aromatic N) is 2. The van der Waals surface area contributed by atoms with Crippen LogP contribution >= 0.6 is 11.3 Å². The number of nitrogens with one attached hydrogen (secondary N) is 1. The average molecular weight is 425 g/mol. The summed E-state index contributed by atoms with van der Waals surface area (Å²) in [6.07, 6.45) is 0. The maximum atomic E-state index is 13.2. The third-order valence-electron chi connectivity index (χ3n) is 5.05. The van der Waals surface area contributed by atoms with Crippen LogP contribution in [0.3, 0.4) is 0 Å².